The zero-order valence-electron chi connectivity index (χ0n) is 7.71. The minimum absolute atomic E-state index is 0.0574. The summed E-state index contributed by atoms with van der Waals surface area (Å²) in [5.41, 5.74) is 0. The van der Waals surface area contributed by atoms with Crippen LogP contribution < -0.4 is 0 Å². The molecule has 0 bridgehead atoms. The molecule has 3 heteroatoms. The first kappa shape index (κ1) is 9.52. The quantitative estimate of drug-likeness (QED) is 0.579. The third-order valence-electron chi connectivity index (χ3n) is 2.11. The smallest absolute Gasteiger partial charge is 0.305 e. The van der Waals surface area contributed by atoms with Crippen molar-refractivity contribution < 1.29 is 9.53 Å². The third kappa shape index (κ3) is 3.22. The van der Waals surface area contributed by atoms with Gasteiger partial charge in [0.1, 0.15) is 0 Å². The lowest BCUT2D eigenvalue weighted by molar-refractivity contribution is -0.143. The first-order chi connectivity index (χ1) is 5.83. The second kappa shape index (κ2) is 5.14. The van der Waals surface area contributed by atoms with Crippen LogP contribution in [0.1, 0.15) is 26.2 Å². The molecule has 1 rings (SSSR count). The van der Waals surface area contributed by atoms with Crippen molar-refractivity contribution in [1.82, 2.24) is 4.90 Å². The summed E-state index contributed by atoms with van der Waals surface area (Å²) in [6.07, 6.45) is 2.84. The zero-order valence-corrected chi connectivity index (χ0v) is 7.71. The summed E-state index contributed by atoms with van der Waals surface area (Å²) >= 11 is 0. The van der Waals surface area contributed by atoms with E-state index < -0.39 is 0 Å². The van der Waals surface area contributed by atoms with Gasteiger partial charge in [0.2, 0.25) is 0 Å². The van der Waals surface area contributed by atoms with E-state index in [9.17, 15) is 4.79 Å². The molecule has 0 saturated carbocycles. The number of carbonyl (C=O) groups excluding carboxylic acids is 1. The fourth-order valence-electron chi connectivity index (χ4n) is 1.29. The van der Waals surface area contributed by atoms with Crippen molar-refractivity contribution >= 4 is 5.97 Å². The summed E-state index contributed by atoms with van der Waals surface area (Å²) in [5, 5.41) is 0. The van der Waals surface area contributed by atoms with Gasteiger partial charge in [0.25, 0.3) is 0 Å². The van der Waals surface area contributed by atoms with E-state index in [2.05, 4.69) is 4.90 Å². The second-order valence-electron chi connectivity index (χ2n) is 3.10. The number of esters is 1. The van der Waals surface area contributed by atoms with Crippen LogP contribution >= 0.6 is 0 Å². The fraction of sp³-hybridized carbons (Fsp3) is 0.889. The number of nitrogens with zero attached hydrogens (tertiary/aromatic N) is 1. The molecule has 12 heavy (non-hydrogen) atoms. The SMILES string of the molecule is CCOC(=O)CCCN1CCC1. The van der Waals surface area contributed by atoms with Crippen molar-refractivity contribution in [3.05, 3.63) is 0 Å². The van der Waals surface area contributed by atoms with Gasteiger partial charge in [0, 0.05) is 6.42 Å². The summed E-state index contributed by atoms with van der Waals surface area (Å²) in [5.74, 6) is -0.0574. The van der Waals surface area contributed by atoms with Gasteiger partial charge < -0.3 is 9.64 Å². The van der Waals surface area contributed by atoms with E-state index >= 15 is 0 Å². The maximum Gasteiger partial charge on any atom is 0.305 e. The molecule has 0 amide bonds. The summed E-state index contributed by atoms with van der Waals surface area (Å²) in [7, 11) is 0. The van der Waals surface area contributed by atoms with Crippen molar-refractivity contribution in [3.63, 3.8) is 0 Å². The molecular formula is C9H17NO2. The number of ether oxygens (including phenoxy) is 1. The molecule has 70 valence electrons. The molecule has 0 N–H and O–H groups in total. The lowest BCUT2D eigenvalue weighted by atomic mass is 10.2. The van der Waals surface area contributed by atoms with E-state index in [1.165, 1.54) is 19.5 Å². The minimum atomic E-state index is -0.0574. The Morgan fingerprint density at radius 2 is 2.25 bits per heavy atom. The van der Waals surface area contributed by atoms with Gasteiger partial charge in [0.15, 0.2) is 0 Å². The van der Waals surface area contributed by atoms with E-state index in [-0.39, 0.29) is 5.97 Å². The Balaban J connectivity index is 1.90. The Labute approximate surface area is 73.7 Å². The standard InChI is InChI=1S/C9H17NO2/c1-2-12-9(11)5-3-6-10-7-4-8-10/h2-8H2,1H3. The highest BCUT2D eigenvalue weighted by Gasteiger charge is 2.13. The van der Waals surface area contributed by atoms with Crippen LogP contribution in [0.15, 0.2) is 0 Å². The van der Waals surface area contributed by atoms with E-state index in [1.54, 1.807) is 0 Å². The Morgan fingerprint density at radius 1 is 1.50 bits per heavy atom. The van der Waals surface area contributed by atoms with Crippen LogP contribution in [0.4, 0.5) is 0 Å². The molecule has 1 fully saturated rings. The highest BCUT2D eigenvalue weighted by atomic mass is 16.5. The first-order valence-electron chi connectivity index (χ1n) is 4.71. The predicted molar refractivity (Wildman–Crippen MR) is 46.9 cm³/mol. The van der Waals surface area contributed by atoms with E-state index in [0.29, 0.717) is 13.0 Å². The van der Waals surface area contributed by atoms with Crippen LogP contribution in [0, 0.1) is 0 Å². The minimum Gasteiger partial charge on any atom is -0.466 e. The largest absolute Gasteiger partial charge is 0.466 e. The lowest BCUT2D eigenvalue weighted by Crippen LogP contribution is -2.37. The molecule has 1 saturated heterocycles. The molecule has 1 heterocycles. The number of hydrogen-bond donors (Lipinski definition) is 0. The van der Waals surface area contributed by atoms with E-state index in [4.69, 9.17) is 4.74 Å². The third-order valence-corrected chi connectivity index (χ3v) is 2.11. The predicted octanol–water partition coefficient (Wildman–Crippen LogP) is 1.04. The molecule has 3 nitrogen and oxygen atoms in total. The number of likely N-dealkylation sites (tertiary alicyclic amines) is 1. The van der Waals surface area contributed by atoms with Crippen molar-refractivity contribution in [3.8, 4) is 0 Å². The van der Waals surface area contributed by atoms with E-state index in [0.717, 1.165) is 13.0 Å². The average molecular weight is 171 g/mol. The van der Waals surface area contributed by atoms with Crippen LogP contribution in [0.3, 0.4) is 0 Å². The molecular weight excluding hydrogens is 154 g/mol. The normalized spacial score (nSPS) is 17.1. The molecule has 0 spiro atoms. The first-order valence-corrected chi connectivity index (χ1v) is 4.71. The second-order valence-corrected chi connectivity index (χ2v) is 3.10. The molecule has 0 aromatic rings. The van der Waals surface area contributed by atoms with Gasteiger partial charge in [0.05, 0.1) is 6.61 Å². The van der Waals surface area contributed by atoms with Gasteiger partial charge in [-0.15, -0.1) is 0 Å². The van der Waals surface area contributed by atoms with Gasteiger partial charge in [-0.1, -0.05) is 0 Å². The van der Waals surface area contributed by atoms with Crippen LogP contribution in [-0.2, 0) is 9.53 Å². The molecule has 0 radical (unpaired) electrons. The van der Waals surface area contributed by atoms with E-state index in [1.807, 2.05) is 6.92 Å². The number of hydrogen-bond acceptors (Lipinski definition) is 3. The van der Waals surface area contributed by atoms with Gasteiger partial charge in [-0.05, 0) is 39.4 Å². The molecule has 1 aliphatic rings. The van der Waals surface area contributed by atoms with Gasteiger partial charge in [-0.2, -0.15) is 0 Å². The van der Waals surface area contributed by atoms with Gasteiger partial charge in [-0.3, -0.25) is 4.79 Å². The average Bonchev–Trinajstić information content (AvgIpc) is 1.95. The maximum absolute atomic E-state index is 10.9. The van der Waals surface area contributed by atoms with Crippen LogP contribution in [0.5, 0.6) is 0 Å². The molecule has 0 aliphatic carbocycles. The number of carbonyl (C=O) groups is 1. The summed E-state index contributed by atoms with van der Waals surface area (Å²) < 4.78 is 4.82. The fourth-order valence-corrected chi connectivity index (χ4v) is 1.29. The van der Waals surface area contributed by atoms with Crippen LogP contribution in [0.2, 0.25) is 0 Å². The maximum atomic E-state index is 10.9. The Bertz CT molecular complexity index is 143. The summed E-state index contributed by atoms with van der Waals surface area (Å²) in [4.78, 5) is 13.3. The van der Waals surface area contributed by atoms with Crippen molar-refractivity contribution in [2.75, 3.05) is 26.2 Å². The lowest BCUT2D eigenvalue weighted by Gasteiger charge is -2.30. The highest BCUT2D eigenvalue weighted by molar-refractivity contribution is 5.69. The van der Waals surface area contributed by atoms with Gasteiger partial charge >= 0.3 is 5.97 Å². The topological polar surface area (TPSA) is 29.5 Å². The van der Waals surface area contributed by atoms with Gasteiger partial charge in [-0.25, -0.2) is 0 Å². The molecule has 0 atom stereocenters. The molecule has 0 aromatic carbocycles. The Morgan fingerprint density at radius 3 is 2.75 bits per heavy atom. The number of rotatable bonds is 5. The Kier molecular flexibility index (Phi) is 4.08. The van der Waals surface area contributed by atoms with Crippen LogP contribution in [0.25, 0.3) is 0 Å². The monoisotopic (exact) mass is 171 g/mol. The Hall–Kier alpha value is -0.570. The van der Waals surface area contributed by atoms with Crippen molar-refractivity contribution in [2.24, 2.45) is 0 Å². The molecule has 0 aromatic heterocycles. The molecule has 1 aliphatic heterocycles. The van der Waals surface area contributed by atoms with Crippen LogP contribution in [-0.4, -0.2) is 37.1 Å². The van der Waals surface area contributed by atoms with Crippen molar-refractivity contribution in [1.29, 1.82) is 0 Å². The summed E-state index contributed by atoms with van der Waals surface area (Å²) in [6.45, 7) is 5.82. The highest BCUT2D eigenvalue weighted by Crippen LogP contribution is 2.07. The van der Waals surface area contributed by atoms with Crippen molar-refractivity contribution in [2.45, 2.75) is 26.2 Å². The molecule has 0 unspecified atom stereocenters. The zero-order chi connectivity index (χ0) is 8.81. The summed E-state index contributed by atoms with van der Waals surface area (Å²) in [6, 6.07) is 0.